The second-order valence-corrected chi connectivity index (χ2v) is 4.76. The zero-order chi connectivity index (χ0) is 14.7. The highest BCUT2D eigenvalue weighted by molar-refractivity contribution is 5.79. The van der Waals surface area contributed by atoms with Crippen LogP contribution in [0.2, 0.25) is 0 Å². The number of fused-ring (bicyclic) bond motifs is 1. The molecule has 0 saturated carbocycles. The van der Waals surface area contributed by atoms with Crippen LogP contribution in [-0.4, -0.2) is 15.0 Å². The molecule has 3 rings (SSSR count). The number of nitrogens with zero attached hydrogens (tertiary/aromatic N) is 3. The maximum Gasteiger partial charge on any atom is 0.169 e. The molecule has 0 amide bonds. The van der Waals surface area contributed by atoms with Crippen LogP contribution in [0.15, 0.2) is 42.6 Å². The van der Waals surface area contributed by atoms with E-state index in [0.29, 0.717) is 18.2 Å². The van der Waals surface area contributed by atoms with E-state index in [-0.39, 0.29) is 0 Å². The minimum absolute atomic E-state index is 0.405. The van der Waals surface area contributed by atoms with Crippen molar-refractivity contribution in [2.24, 2.45) is 0 Å². The molecule has 0 bridgehead atoms. The fraction of sp³-hybridized carbons (Fsp3) is 0.188. The third-order valence-corrected chi connectivity index (χ3v) is 3.39. The van der Waals surface area contributed by atoms with Gasteiger partial charge in [-0.25, -0.2) is 9.97 Å². The number of nitrogen functional groups attached to an aromatic ring is 1. The Labute approximate surface area is 123 Å². The molecule has 0 aliphatic carbocycles. The molecule has 0 radical (unpaired) electrons. The molecule has 0 unspecified atom stereocenters. The van der Waals surface area contributed by atoms with E-state index in [1.165, 1.54) is 5.56 Å². The van der Waals surface area contributed by atoms with E-state index in [9.17, 15) is 0 Å². The molecule has 5 heteroatoms. The summed E-state index contributed by atoms with van der Waals surface area (Å²) in [6.45, 7) is 2.70. The van der Waals surface area contributed by atoms with Gasteiger partial charge in [0.2, 0.25) is 0 Å². The Morgan fingerprint density at radius 1 is 1.05 bits per heavy atom. The largest absolute Gasteiger partial charge is 0.381 e. The highest BCUT2D eigenvalue weighted by Crippen LogP contribution is 2.19. The highest BCUT2D eigenvalue weighted by Gasteiger charge is 2.07. The molecule has 1 aromatic carbocycles. The zero-order valence-electron chi connectivity index (χ0n) is 11.9. The summed E-state index contributed by atoms with van der Waals surface area (Å²) in [5.41, 5.74) is 9.82. The minimum atomic E-state index is 0.405. The third kappa shape index (κ3) is 2.76. The van der Waals surface area contributed by atoms with Crippen LogP contribution < -0.4 is 11.1 Å². The van der Waals surface area contributed by atoms with Gasteiger partial charge in [0.1, 0.15) is 0 Å². The molecule has 2 aromatic heterocycles. The molecule has 0 saturated heterocycles. The molecule has 0 atom stereocenters. The lowest BCUT2D eigenvalue weighted by molar-refractivity contribution is 0.965. The van der Waals surface area contributed by atoms with Gasteiger partial charge in [-0.2, -0.15) is 0 Å². The van der Waals surface area contributed by atoms with Crippen LogP contribution in [0, 0.1) is 0 Å². The topological polar surface area (TPSA) is 76.7 Å². The summed E-state index contributed by atoms with van der Waals surface area (Å²) >= 11 is 0. The van der Waals surface area contributed by atoms with E-state index in [4.69, 9.17) is 5.73 Å². The van der Waals surface area contributed by atoms with Crippen LogP contribution in [-0.2, 0) is 13.0 Å². The van der Waals surface area contributed by atoms with Crippen molar-refractivity contribution in [3.05, 3.63) is 53.9 Å². The van der Waals surface area contributed by atoms with E-state index in [0.717, 1.165) is 23.1 Å². The van der Waals surface area contributed by atoms with Crippen molar-refractivity contribution < 1.29 is 0 Å². The number of para-hydroxylation sites is 2. The molecule has 2 heterocycles. The summed E-state index contributed by atoms with van der Waals surface area (Å²) in [5.74, 6) is 1.00. The van der Waals surface area contributed by atoms with Crippen LogP contribution in [0.5, 0.6) is 0 Å². The van der Waals surface area contributed by atoms with Gasteiger partial charge in [0.05, 0.1) is 23.3 Å². The van der Waals surface area contributed by atoms with Gasteiger partial charge in [-0.1, -0.05) is 25.1 Å². The Bertz CT molecular complexity index is 769. The van der Waals surface area contributed by atoms with Crippen molar-refractivity contribution in [3.8, 4) is 0 Å². The predicted octanol–water partition coefficient (Wildman–Crippen LogP) is 2.78. The normalized spacial score (nSPS) is 10.7. The van der Waals surface area contributed by atoms with E-state index in [1.54, 1.807) is 6.20 Å². The Morgan fingerprint density at radius 2 is 1.81 bits per heavy atom. The van der Waals surface area contributed by atoms with E-state index in [1.807, 2.05) is 30.3 Å². The number of benzene rings is 1. The molecular formula is C16H17N5. The first-order valence-corrected chi connectivity index (χ1v) is 6.97. The van der Waals surface area contributed by atoms with Crippen LogP contribution in [0.1, 0.15) is 18.2 Å². The van der Waals surface area contributed by atoms with Crippen molar-refractivity contribution >= 4 is 22.7 Å². The minimum Gasteiger partial charge on any atom is -0.381 e. The van der Waals surface area contributed by atoms with E-state index < -0.39 is 0 Å². The number of pyridine rings is 1. The summed E-state index contributed by atoms with van der Waals surface area (Å²) in [5, 5.41) is 3.23. The van der Waals surface area contributed by atoms with Gasteiger partial charge in [0.15, 0.2) is 11.6 Å². The molecule has 0 aliphatic rings. The van der Waals surface area contributed by atoms with Crippen molar-refractivity contribution in [1.29, 1.82) is 0 Å². The smallest absolute Gasteiger partial charge is 0.169 e. The number of aromatic nitrogens is 3. The van der Waals surface area contributed by atoms with Crippen molar-refractivity contribution in [3.63, 3.8) is 0 Å². The first-order valence-electron chi connectivity index (χ1n) is 6.97. The van der Waals surface area contributed by atoms with Gasteiger partial charge >= 0.3 is 0 Å². The molecule has 0 spiro atoms. The molecule has 5 nitrogen and oxygen atoms in total. The SMILES string of the molecule is CCc1cccnc1CNc1nc2ccccc2nc1N. The quantitative estimate of drug-likeness (QED) is 0.768. The Hall–Kier alpha value is -2.69. The second kappa shape index (κ2) is 5.75. The fourth-order valence-corrected chi connectivity index (χ4v) is 2.26. The Kier molecular flexibility index (Phi) is 3.64. The first kappa shape index (κ1) is 13.3. The number of hydrogen-bond donors (Lipinski definition) is 2. The summed E-state index contributed by atoms with van der Waals surface area (Å²) in [6, 6.07) is 11.7. The van der Waals surface area contributed by atoms with Gasteiger partial charge in [-0.05, 0) is 30.2 Å². The first-order chi connectivity index (χ1) is 10.3. The third-order valence-electron chi connectivity index (χ3n) is 3.39. The monoisotopic (exact) mass is 279 g/mol. The molecule has 3 aromatic rings. The zero-order valence-corrected chi connectivity index (χ0v) is 11.9. The number of nitrogens with one attached hydrogen (secondary N) is 1. The summed E-state index contributed by atoms with van der Waals surface area (Å²) in [4.78, 5) is 13.3. The molecule has 106 valence electrons. The summed E-state index contributed by atoms with van der Waals surface area (Å²) < 4.78 is 0. The number of rotatable bonds is 4. The average molecular weight is 279 g/mol. The molecule has 0 fully saturated rings. The molecule has 21 heavy (non-hydrogen) atoms. The Balaban J connectivity index is 1.86. The van der Waals surface area contributed by atoms with E-state index in [2.05, 4.69) is 33.3 Å². The van der Waals surface area contributed by atoms with Crippen LogP contribution in [0.25, 0.3) is 11.0 Å². The summed E-state index contributed by atoms with van der Waals surface area (Å²) in [7, 11) is 0. The lowest BCUT2D eigenvalue weighted by atomic mass is 10.1. The molecule has 3 N–H and O–H groups in total. The lowest BCUT2D eigenvalue weighted by Gasteiger charge is -2.10. The maximum absolute atomic E-state index is 5.96. The van der Waals surface area contributed by atoms with Crippen molar-refractivity contribution in [1.82, 2.24) is 15.0 Å². The number of aryl methyl sites for hydroxylation is 1. The fourth-order valence-electron chi connectivity index (χ4n) is 2.26. The van der Waals surface area contributed by atoms with Crippen LogP contribution in [0.3, 0.4) is 0 Å². The average Bonchev–Trinajstić information content (AvgIpc) is 2.53. The number of anilines is 2. The van der Waals surface area contributed by atoms with Gasteiger partial charge in [-0.3, -0.25) is 4.98 Å². The number of nitrogens with two attached hydrogens (primary N) is 1. The van der Waals surface area contributed by atoms with Gasteiger partial charge in [0, 0.05) is 6.20 Å². The van der Waals surface area contributed by atoms with E-state index >= 15 is 0 Å². The Morgan fingerprint density at radius 3 is 2.57 bits per heavy atom. The van der Waals surface area contributed by atoms with Crippen LogP contribution >= 0.6 is 0 Å². The van der Waals surface area contributed by atoms with Gasteiger partial charge in [0.25, 0.3) is 0 Å². The standard InChI is InChI=1S/C16H17N5/c1-2-11-6-5-9-18-14(11)10-19-16-15(17)20-12-7-3-4-8-13(12)21-16/h3-9H,2,10H2,1H3,(H2,17,20)(H,19,21). The number of hydrogen-bond acceptors (Lipinski definition) is 5. The molecular weight excluding hydrogens is 262 g/mol. The highest BCUT2D eigenvalue weighted by atomic mass is 15.1. The van der Waals surface area contributed by atoms with Gasteiger partial charge < -0.3 is 11.1 Å². The van der Waals surface area contributed by atoms with Crippen LogP contribution in [0.4, 0.5) is 11.6 Å². The second-order valence-electron chi connectivity index (χ2n) is 4.76. The van der Waals surface area contributed by atoms with Crippen molar-refractivity contribution in [2.75, 3.05) is 11.1 Å². The molecule has 0 aliphatic heterocycles. The lowest BCUT2D eigenvalue weighted by Crippen LogP contribution is -2.09. The maximum atomic E-state index is 5.96. The summed E-state index contributed by atoms with van der Waals surface area (Å²) in [6.07, 6.45) is 2.75. The van der Waals surface area contributed by atoms with Crippen molar-refractivity contribution in [2.45, 2.75) is 19.9 Å². The predicted molar refractivity (Wildman–Crippen MR) is 84.9 cm³/mol. The van der Waals surface area contributed by atoms with Gasteiger partial charge in [-0.15, -0.1) is 0 Å².